The van der Waals surface area contributed by atoms with Gasteiger partial charge in [-0.15, -0.1) is 0 Å². The van der Waals surface area contributed by atoms with E-state index in [2.05, 4.69) is 6.07 Å². The van der Waals surface area contributed by atoms with Gasteiger partial charge in [-0.3, -0.25) is 18.8 Å². The predicted molar refractivity (Wildman–Crippen MR) is 122 cm³/mol. The number of nitrogens with zero attached hydrogens (tertiary/aromatic N) is 2. The zero-order valence-electron chi connectivity index (χ0n) is 17.8. The summed E-state index contributed by atoms with van der Waals surface area (Å²) in [6.45, 7) is 4.04. The molecule has 0 aliphatic carbocycles. The fourth-order valence-corrected chi connectivity index (χ4v) is 5.38. The third kappa shape index (κ3) is 4.44. The molecule has 3 unspecified atom stereocenters. The van der Waals surface area contributed by atoms with E-state index in [0.717, 1.165) is 27.1 Å². The van der Waals surface area contributed by atoms with Gasteiger partial charge in [0.1, 0.15) is 5.78 Å². The molecule has 0 radical (unpaired) electrons. The lowest BCUT2D eigenvalue weighted by molar-refractivity contribution is -0.139. The van der Waals surface area contributed by atoms with Gasteiger partial charge in [0.2, 0.25) is 5.91 Å². The highest BCUT2D eigenvalue weighted by Gasteiger charge is 2.38. The third-order valence-electron chi connectivity index (χ3n) is 5.82. The van der Waals surface area contributed by atoms with E-state index < -0.39 is 16.7 Å². The van der Waals surface area contributed by atoms with Crippen LogP contribution in [0.3, 0.4) is 0 Å². The van der Waals surface area contributed by atoms with Crippen molar-refractivity contribution in [1.29, 1.82) is 0 Å². The quantitative estimate of drug-likeness (QED) is 0.552. The number of ketones is 1. The summed E-state index contributed by atoms with van der Waals surface area (Å²) in [4.78, 5) is 32.6. The van der Waals surface area contributed by atoms with E-state index in [-0.39, 0.29) is 29.9 Å². The van der Waals surface area contributed by atoms with Crippen LogP contribution in [0, 0.1) is 5.92 Å². The van der Waals surface area contributed by atoms with E-state index >= 15 is 0 Å². The lowest BCUT2D eigenvalue weighted by atomic mass is 10.0. The van der Waals surface area contributed by atoms with Gasteiger partial charge in [-0.05, 0) is 29.8 Å². The summed E-state index contributed by atoms with van der Waals surface area (Å²) in [6, 6.07) is 18.9. The van der Waals surface area contributed by atoms with Crippen LogP contribution < -0.4 is 0 Å². The molecule has 3 aromatic rings. The number of para-hydroxylation sites is 1. The number of rotatable bonds is 7. The van der Waals surface area contributed by atoms with Gasteiger partial charge in [0.15, 0.2) is 0 Å². The van der Waals surface area contributed by atoms with Crippen molar-refractivity contribution in [2.45, 2.75) is 44.2 Å². The molecule has 0 N–H and O–H groups in total. The Hall–Kier alpha value is -2.86. The van der Waals surface area contributed by atoms with Gasteiger partial charge in [-0.2, -0.15) is 0 Å². The van der Waals surface area contributed by atoms with Crippen LogP contribution in [0.4, 0.5) is 0 Å². The fraction of sp³-hybridized carbons (Fsp3) is 0.320. The first-order valence-corrected chi connectivity index (χ1v) is 11.9. The van der Waals surface area contributed by atoms with Crippen LogP contribution in [-0.4, -0.2) is 31.5 Å². The smallest absolute Gasteiger partial charge is 0.226 e. The molecule has 1 aliphatic heterocycles. The molecule has 6 heteroatoms. The molecule has 0 bridgehead atoms. The summed E-state index contributed by atoms with van der Waals surface area (Å²) in [5, 5.41) is 1.02. The van der Waals surface area contributed by atoms with E-state index in [4.69, 9.17) is 4.98 Å². The molecule has 2 heterocycles. The van der Waals surface area contributed by atoms with Gasteiger partial charge in [0, 0.05) is 35.6 Å². The van der Waals surface area contributed by atoms with Crippen molar-refractivity contribution in [3.63, 3.8) is 0 Å². The average Bonchev–Trinajstić information content (AvgIpc) is 3.14. The molecule has 0 fully saturated rings. The van der Waals surface area contributed by atoms with E-state index in [1.165, 1.54) is 0 Å². The van der Waals surface area contributed by atoms with Crippen LogP contribution in [0.25, 0.3) is 10.9 Å². The molecule has 160 valence electrons. The fourth-order valence-electron chi connectivity index (χ4n) is 4.10. The summed E-state index contributed by atoms with van der Waals surface area (Å²) in [5.41, 5.74) is 2.65. The molecule has 3 atom stereocenters. The van der Waals surface area contributed by atoms with Gasteiger partial charge >= 0.3 is 0 Å². The molecule has 0 spiro atoms. The maximum Gasteiger partial charge on any atom is 0.226 e. The first-order chi connectivity index (χ1) is 15.0. The summed E-state index contributed by atoms with van der Waals surface area (Å²) in [5.74, 6) is -0.142. The van der Waals surface area contributed by atoms with Gasteiger partial charge in [-0.25, -0.2) is 0 Å². The molecule has 1 aromatic heterocycles. The minimum atomic E-state index is -1.28. The molecule has 1 aliphatic rings. The first kappa shape index (κ1) is 21.4. The predicted octanol–water partition coefficient (Wildman–Crippen LogP) is 4.43. The highest BCUT2D eigenvalue weighted by molar-refractivity contribution is 7.85. The topological polar surface area (TPSA) is 67.3 Å². The minimum Gasteiger partial charge on any atom is -0.328 e. The Morgan fingerprint density at radius 1 is 1.13 bits per heavy atom. The lowest BCUT2D eigenvalue weighted by Gasteiger charge is -2.27. The maximum absolute atomic E-state index is 13.3. The molecule has 31 heavy (non-hydrogen) atoms. The van der Waals surface area contributed by atoms with E-state index in [0.29, 0.717) is 13.0 Å². The summed E-state index contributed by atoms with van der Waals surface area (Å²) < 4.78 is 13.1. The monoisotopic (exact) mass is 434 g/mol. The van der Waals surface area contributed by atoms with Gasteiger partial charge in [0.05, 0.1) is 33.8 Å². The number of hydrogen-bond donors (Lipinski definition) is 0. The number of hydrogen-bond acceptors (Lipinski definition) is 4. The van der Waals surface area contributed by atoms with Gasteiger partial charge < -0.3 is 4.90 Å². The molecule has 2 aromatic carbocycles. The second-order valence-corrected chi connectivity index (χ2v) is 9.53. The van der Waals surface area contributed by atoms with E-state index in [9.17, 15) is 13.8 Å². The van der Waals surface area contributed by atoms with Crippen molar-refractivity contribution in [2.24, 2.45) is 5.92 Å². The zero-order chi connectivity index (χ0) is 22.0. The summed E-state index contributed by atoms with van der Waals surface area (Å²) in [7, 11) is -1.28. The van der Waals surface area contributed by atoms with E-state index in [1.54, 1.807) is 11.8 Å². The van der Waals surface area contributed by atoms with Crippen LogP contribution in [-0.2, 0) is 26.9 Å². The standard InChI is InChI=1S/C25H26N2O3S/c1-3-20(28)13-17(2)25(29)27-15-19-14-18-9-7-8-12-22(18)26-24(19)23(27)16-31(30)21-10-5-4-6-11-21/h4-12,14,17,23H,3,13,15-16H2,1-2H3. The van der Waals surface area contributed by atoms with Gasteiger partial charge in [-0.1, -0.05) is 50.2 Å². The van der Waals surface area contributed by atoms with Gasteiger partial charge in [0.25, 0.3) is 0 Å². The zero-order valence-corrected chi connectivity index (χ0v) is 18.6. The Bertz CT molecular complexity index is 1150. The number of aromatic nitrogens is 1. The Balaban J connectivity index is 1.69. The van der Waals surface area contributed by atoms with Crippen LogP contribution in [0.2, 0.25) is 0 Å². The van der Waals surface area contributed by atoms with Crippen LogP contribution >= 0.6 is 0 Å². The molecular formula is C25H26N2O3S. The highest BCUT2D eigenvalue weighted by Crippen LogP contribution is 2.37. The molecule has 5 nitrogen and oxygen atoms in total. The number of fused-ring (bicyclic) bond motifs is 2. The number of carbonyl (C=O) groups excluding carboxylic acids is 2. The number of carbonyl (C=O) groups is 2. The Labute approximate surface area is 184 Å². The Morgan fingerprint density at radius 2 is 1.84 bits per heavy atom. The molecule has 1 amide bonds. The second kappa shape index (κ2) is 9.10. The number of benzene rings is 2. The summed E-state index contributed by atoms with van der Waals surface area (Å²) >= 11 is 0. The van der Waals surface area contributed by atoms with Crippen LogP contribution in [0.5, 0.6) is 0 Å². The Morgan fingerprint density at radius 3 is 2.58 bits per heavy atom. The van der Waals surface area contributed by atoms with Crippen LogP contribution in [0.1, 0.15) is 44.0 Å². The normalized spacial score (nSPS) is 17.4. The maximum atomic E-state index is 13.3. The molecule has 4 rings (SSSR count). The average molecular weight is 435 g/mol. The summed E-state index contributed by atoms with van der Waals surface area (Å²) in [6.07, 6.45) is 0.651. The first-order valence-electron chi connectivity index (χ1n) is 10.6. The van der Waals surface area contributed by atoms with Crippen molar-refractivity contribution in [2.75, 3.05) is 5.75 Å². The molecule has 0 saturated carbocycles. The van der Waals surface area contributed by atoms with Crippen molar-refractivity contribution in [3.05, 3.63) is 71.9 Å². The molecule has 0 saturated heterocycles. The van der Waals surface area contributed by atoms with E-state index in [1.807, 2.05) is 61.5 Å². The van der Waals surface area contributed by atoms with Crippen molar-refractivity contribution in [3.8, 4) is 0 Å². The number of Topliss-reactive ketones (excluding diaryl/α,β-unsaturated/α-hetero) is 1. The van der Waals surface area contributed by atoms with Crippen LogP contribution in [0.15, 0.2) is 65.6 Å². The van der Waals surface area contributed by atoms with Crippen molar-refractivity contribution in [1.82, 2.24) is 9.88 Å². The lowest BCUT2D eigenvalue weighted by Crippen LogP contribution is -2.37. The second-order valence-electron chi connectivity index (χ2n) is 8.03. The minimum absolute atomic E-state index is 0.0748. The number of amides is 1. The number of pyridine rings is 1. The van der Waals surface area contributed by atoms with Crippen molar-refractivity contribution >= 4 is 33.4 Å². The Kier molecular flexibility index (Phi) is 6.28. The molecular weight excluding hydrogens is 408 g/mol. The third-order valence-corrected chi connectivity index (χ3v) is 7.23. The highest BCUT2D eigenvalue weighted by atomic mass is 32.2. The SMILES string of the molecule is CCC(=O)CC(C)C(=O)N1Cc2cc3ccccc3nc2C1CS(=O)c1ccccc1. The van der Waals surface area contributed by atoms with Crippen molar-refractivity contribution < 1.29 is 13.8 Å². The largest absolute Gasteiger partial charge is 0.328 e.